The Bertz CT molecular complexity index is 614. The predicted molar refractivity (Wildman–Crippen MR) is 105 cm³/mol. The number of carbonyl (C=O) groups is 1. The summed E-state index contributed by atoms with van der Waals surface area (Å²) in [6.45, 7) is 6.44. The lowest BCUT2D eigenvalue weighted by Gasteiger charge is -2.28. The highest BCUT2D eigenvalue weighted by Crippen LogP contribution is 2.28. The molecule has 2 aliphatic rings. The zero-order valence-electron chi connectivity index (χ0n) is 17.1. The van der Waals surface area contributed by atoms with Gasteiger partial charge in [-0.3, -0.25) is 9.48 Å². The zero-order chi connectivity index (χ0) is 18.7. The van der Waals surface area contributed by atoms with Crippen LogP contribution in [0.2, 0.25) is 0 Å². The molecule has 5 nitrogen and oxygen atoms in total. The smallest absolute Gasteiger partial charge is 0.274 e. The van der Waals surface area contributed by atoms with Gasteiger partial charge >= 0.3 is 0 Å². The van der Waals surface area contributed by atoms with Gasteiger partial charge in [-0.05, 0) is 50.5 Å². The first-order valence-corrected chi connectivity index (χ1v) is 10.5. The molecule has 26 heavy (non-hydrogen) atoms. The van der Waals surface area contributed by atoms with E-state index in [4.69, 9.17) is 5.10 Å². The van der Waals surface area contributed by atoms with Crippen molar-refractivity contribution >= 4 is 5.91 Å². The van der Waals surface area contributed by atoms with Gasteiger partial charge in [0.05, 0.1) is 0 Å². The maximum atomic E-state index is 12.7. The first kappa shape index (κ1) is 19.4. The highest BCUT2D eigenvalue weighted by Gasteiger charge is 2.30. The summed E-state index contributed by atoms with van der Waals surface area (Å²) >= 11 is 0. The molecule has 1 atom stereocenters. The summed E-state index contributed by atoms with van der Waals surface area (Å²) in [5.74, 6) is 1.41. The molecule has 1 N–H and O–H groups in total. The third-order valence-electron chi connectivity index (χ3n) is 5.91. The highest BCUT2D eigenvalue weighted by atomic mass is 16.2. The average Bonchev–Trinajstić information content (AvgIpc) is 2.97. The summed E-state index contributed by atoms with van der Waals surface area (Å²) in [6, 6.07) is 0.481. The standard InChI is InChI=1S/C21H36N4O/c1-15(2)14-25-19-11-10-17(22-13-16-8-6-5-7-9-16)12-18(19)20(23-25)21(26)24(3)4/h15-17,22H,5-14H2,1-4H3. The van der Waals surface area contributed by atoms with E-state index in [2.05, 4.69) is 23.8 Å². The van der Waals surface area contributed by atoms with Crippen molar-refractivity contribution in [2.24, 2.45) is 11.8 Å². The fourth-order valence-electron chi connectivity index (χ4n) is 4.47. The first-order valence-electron chi connectivity index (χ1n) is 10.5. The number of hydrogen-bond acceptors (Lipinski definition) is 3. The van der Waals surface area contributed by atoms with E-state index >= 15 is 0 Å². The molecule has 1 unspecified atom stereocenters. The van der Waals surface area contributed by atoms with Crippen molar-refractivity contribution in [1.29, 1.82) is 0 Å². The molecule has 1 heterocycles. The molecule has 5 heteroatoms. The lowest BCUT2D eigenvalue weighted by atomic mass is 9.87. The number of aromatic nitrogens is 2. The van der Waals surface area contributed by atoms with Gasteiger partial charge in [0, 0.05) is 37.9 Å². The SMILES string of the molecule is CC(C)Cn1nc(C(=O)N(C)C)c2c1CCC(NCC1CCCCC1)C2. The number of fused-ring (bicyclic) bond motifs is 1. The first-order chi connectivity index (χ1) is 12.5. The second-order valence-electron chi connectivity index (χ2n) is 8.90. The molecule has 1 aromatic heterocycles. The molecule has 1 aromatic rings. The second kappa shape index (κ2) is 8.55. The largest absolute Gasteiger partial charge is 0.343 e. The van der Waals surface area contributed by atoms with Gasteiger partial charge in [-0.2, -0.15) is 5.10 Å². The Morgan fingerprint density at radius 2 is 1.96 bits per heavy atom. The van der Waals surface area contributed by atoms with Crippen molar-refractivity contribution in [1.82, 2.24) is 20.0 Å². The number of rotatable bonds is 6. The fraction of sp³-hybridized carbons (Fsp3) is 0.810. The van der Waals surface area contributed by atoms with E-state index in [1.165, 1.54) is 43.4 Å². The van der Waals surface area contributed by atoms with Gasteiger partial charge in [0.2, 0.25) is 0 Å². The van der Waals surface area contributed by atoms with E-state index in [1.54, 1.807) is 4.90 Å². The van der Waals surface area contributed by atoms with Crippen LogP contribution in [-0.4, -0.2) is 47.3 Å². The minimum absolute atomic E-state index is 0.0386. The Balaban J connectivity index is 1.72. The minimum atomic E-state index is 0.0386. The monoisotopic (exact) mass is 360 g/mol. The van der Waals surface area contributed by atoms with Crippen molar-refractivity contribution in [2.45, 2.75) is 77.8 Å². The molecule has 1 saturated carbocycles. The minimum Gasteiger partial charge on any atom is -0.343 e. The lowest BCUT2D eigenvalue weighted by molar-refractivity contribution is 0.0819. The summed E-state index contributed by atoms with van der Waals surface area (Å²) in [4.78, 5) is 14.3. The molecule has 0 aliphatic heterocycles. The van der Waals surface area contributed by atoms with Crippen LogP contribution in [0.3, 0.4) is 0 Å². The molecule has 1 amide bonds. The Kier molecular flexibility index (Phi) is 6.38. The Labute approximate surface area is 158 Å². The van der Waals surface area contributed by atoms with Crippen LogP contribution >= 0.6 is 0 Å². The third-order valence-corrected chi connectivity index (χ3v) is 5.91. The quantitative estimate of drug-likeness (QED) is 0.847. The van der Waals surface area contributed by atoms with Crippen molar-refractivity contribution < 1.29 is 4.79 Å². The second-order valence-corrected chi connectivity index (χ2v) is 8.90. The van der Waals surface area contributed by atoms with Crippen LogP contribution in [0.15, 0.2) is 0 Å². The van der Waals surface area contributed by atoms with E-state index in [0.29, 0.717) is 17.7 Å². The van der Waals surface area contributed by atoms with Crippen molar-refractivity contribution in [3.05, 3.63) is 17.0 Å². The Morgan fingerprint density at radius 3 is 2.62 bits per heavy atom. The number of amides is 1. The molecule has 2 aliphatic carbocycles. The molecule has 0 saturated heterocycles. The summed E-state index contributed by atoms with van der Waals surface area (Å²) in [5.41, 5.74) is 3.16. The number of nitrogens with zero attached hydrogens (tertiary/aromatic N) is 3. The van der Waals surface area contributed by atoms with E-state index < -0.39 is 0 Å². The van der Waals surface area contributed by atoms with Gasteiger partial charge in [0.25, 0.3) is 5.91 Å². The van der Waals surface area contributed by atoms with E-state index in [-0.39, 0.29) is 5.91 Å². The van der Waals surface area contributed by atoms with Crippen molar-refractivity contribution in [3.63, 3.8) is 0 Å². The molecular weight excluding hydrogens is 324 g/mol. The summed E-state index contributed by atoms with van der Waals surface area (Å²) in [6.07, 6.45) is 10.1. The Morgan fingerprint density at radius 1 is 1.23 bits per heavy atom. The van der Waals surface area contributed by atoms with Gasteiger partial charge in [-0.25, -0.2) is 0 Å². The molecule has 0 radical (unpaired) electrons. The van der Waals surface area contributed by atoms with Gasteiger partial charge in [-0.15, -0.1) is 0 Å². The molecule has 3 rings (SSSR count). The van der Waals surface area contributed by atoms with E-state index in [1.807, 2.05) is 14.1 Å². The molecule has 0 bridgehead atoms. The van der Waals surface area contributed by atoms with Crippen LogP contribution in [0.5, 0.6) is 0 Å². The molecule has 0 spiro atoms. The van der Waals surface area contributed by atoms with Gasteiger partial charge in [-0.1, -0.05) is 33.1 Å². The van der Waals surface area contributed by atoms with E-state index in [0.717, 1.165) is 38.3 Å². The molecule has 146 valence electrons. The van der Waals surface area contributed by atoms with Crippen LogP contribution in [0.4, 0.5) is 0 Å². The normalized spacial score (nSPS) is 21.0. The topological polar surface area (TPSA) is 50.2 Å². The average molecular weight is 361 g/mol. The van der Waals surface area contributed by atoms with Crippen LogP contribution in [0.1, 0.15) is 74.1 Å². The summed E-state index contributed by atoms with van der Waals surface area (Å²) in [7, 11) is 3.63. The summed E-state index contributed by atoms with van der Waals surface area (Å²) in [5, 5.41) is 8.55. The third kappa shape index (κ3) is 4.48. The summed E-state index contributed by atoms with van der Waals surface area (Å²) < 4.78 is 2.11. The maximum absolute atomic E-state index is 12.7. The number of nitrogens with one attached hydrogen (secondary N) is 1. The van der Waals surface area contributed by atoms with Crippen LogP contribution < -0.4 is 5.32 Å². The van der Waals surface area contributed by atoms with Crippen molar-refractivity contribution in [2.75, 3.05) is 20.6 Å². The lowest BCUT2D eigenvalue weighted by Crippen LogP contribution is -2.38. The molecule has 0 aromatic carbocycles. The highest BCUT2D eigenvalue weighted by molar-refractivity contribution is 5.93. The van der Waals surface area contributed by atoms with Gasteiger partial charge in [0.15, 0.2) is 5.69 Å². The zero-order valence-corrected chi connectivity index (χ0v) is 17.1. The number of hydrogen-bond donors (Lipinski definition) is 1. The molecular formula is C21H36N4O. The van der Waals surface area contributed by atoms with Crippen LogP contribution in [-0.2, 0) is 19.4 Å². The van der Waals surface area contributed by atoms with Crippen molar-refractivity contribution in [3.8, 4) is 0 Å². The van der Waals surface area contributed by atoms with Gasteiger partial charge in [0.1, 0.15) is 0 Å². The van der Waals surface area contributed by atoms with E-state index in [9.17, 15) is 4.79 Å². The maximum Gasteiger partial charge on any atom is 0.274 e. The van der Waals surface area contributed by atoms with Gasteiger partial charge < -0.3 is 10.2 Å². The van der Waals surface area contributed by atoms with Crippen LogP contribution in [0.25, 0.3) is 0 Å². The fourth-order valence-corrected chi connectivity index (χ4v) is 4.47. The Hall–Kier alpha value is -1.36. The number of carbonyl (C=O) groups excluding carboxylic acids is 1. The van der Waals surface area contributed by atoms with Crippen LogP contribution in [0, 0.1) is 11.8 Å². The molecule has 1 fully saturated rings. The predicted octanol–water partition coefficient (Wildman–Crippen LogP) is 3.27.